The third-order valence-electron chi connectivity index (χ3n) is 3.43. The fourth-order valence-corrected chi connectivity index (χ4v) is 2.49. The van der Waals surface area contributed by atoms with Gasteiger partial charge >= 0.3 is 0 Å². The number of anilines is 1. The number of hydrogen-bond donors (Lipinski definition) is 1. The van der Waals surface area contributed by atoms with Gasteiger partial charge in [0, 0.05) is 24.8 Å². The topological polar surface area (TPSA) is 29.3 Å². The van der Waals surface area contributed by atoms with E-state index in [-0.39, 0.29) is 11.9 Å². The van der Waals surface area contributed by atoms with E-state index >= 15 is 0 Å². The molecule has 1 fully saturated rings. The van der Waals surface area contributed by atoms with Crippen molar-refractivity contribution in [1.29, 1.82) is 0 Å². The standard InChI is InChI=1S/C14H21FN2/c1-11(16)13-10-12(15)6-7-14(13)17-8-4-2-3-5-9-17/h6-7,10-11H,2-5,8-9,16H2,1H3/t11-/m1/s1. The number of hydrogen-bond acceptors (Lipinski definition) is 2. The molecule has 1 aliphatic heterocycles. The van der Waals surface area contributed by atoms with Crippen LogP contribution in [0.15, 0.2) is 18.2 Å². The Bertz CT molecular complexity index is 368. The average Bonchev–Trinajstić information content (AvgIpc) is 2.57. The van der Waals surface area contributed by atoms with Crippen LogP contribution in [0.25, 0.3) is 0 Å². The van der Waals surface area contributed by atoms with Gasteiger partial charge < -0.3 is 10.6 Å². The molecular formula is C14H21FN2. The number of nitrogens with zero attached hydrogens (tertiary/aromatic N) is 1. The molecule has 1 saturated heterocycles. The van der Waals surface area contributed by atoms with Crippen LogP contribution in [-0.2, 0) is 0 Å². The van der Waals surface area contributed by atoms with Gasteiger partial charge in [-0.3, -0.25) is 0 Å². The highest BCUT2D eigenvalue weighted by Crippen LogP contribution is 2.28. The summed E-state index contributed by atoms with van der Waals surface area (Å²) >= 11 is 0. The lowest BCUT2D eigenvalue weighted by molar-refractivity contribution is 0.621. The van der Waals surface area contributed by atoms with E-state index in [0.29, 0.717) is 0 Å². The predicted octanol–water partition coefficient (Wildman–Crippen LogP) is 3.23. The molecule has 3 heteroatoms. The van der Waals surface area contributed by atoms with Crippen molar-refractivity contribution >= 4 is 5.69 Å². The van der Waals surface area contributed by atoms with E-state index in [9.17, 15) is 4.39 Å². The lowest BCUT2D eigenvalue weighted by atomic mass is 10.1. The minimum absolute atomic E-state index is 0.121. The molecule has 1 aromatic carbocycles. The first-order valence-corrected chi connectivity index (χ1v) is 6.48. The molecule has 1 aromatic rings. The van der Waals surface area contributed by atoms with Gasteiger partial charge in [-0.15, -0.1) is 0 Å². The minimum atomic E-state index is -0.198. The normalized spacial score (nSPS) is 18.9. The van der Waals surface area contributed by atoms with Crippen LogP contribution in [0, 0.1) is 5.82 Å². The van der Waals surface area contributed by atoms with Crippen LogP contribution >= 0.6 is 0 Å². The van der Waals surface area contributed by atoms with Crippen molar-refractivity contribution in [3.05, 3.63) is 29.6 Å². The Morgan fingerprint density at radius 1 is 1.18 bits per heavy atom. The molecule has 17 heavy (non-hydrogen) atoms. The van der Waals surface area contributed by atoms with Crippen molar-refractivity contribution in [3.8, 4) is 0 Å². The quantitative estimate of drug-likeness (QED) is 0.854. The van der Waals surface area contributed by atoms with Crippen LogP contribution in [0.4, 0.5) is 10.1 Å². The summed E-state index contributed by atoms with van der Waals surface area (Å²) in [6.45, 7) is 4.03. The third-order valence-corrected chi connectivity index (χ3v) is 3.43. The molecule has 0 radical (unpaired) electrons. The van der Waals surface area contributed by atoms with E-state index in [1.54, 1.807) is 6.07 Å². The summed E-state index contributed by atoms with van der Waals surface area (Å²) in [5.41, 5.74) is 7.97. The van der Waals surface area contributed by atoms with E-state index in [2.05, 4.69) is 4.90 Å². The Labute approximate surface area is 103 Å². The zero-order chi connectivity index (χ0) is 12.3. The molecule has 0 spiro atoms. The first-order valence-electron chi connectivity index (χ1n) is 6.48. The van der Waals surface area contributed by atoms with Gasteiger partial charge in [0.1, 0.15) is 5.82 Å². The van der Waals surface area contributed by atoms with E-state index in [0.717, 1.165) is 24.3 Å². The monoisotopic (exact) mass is 236 g/mol. The summed E-state index contributed by atoms with van der Waals surface area (Å²) in [6, 6.07) is 4.86. The molecule has 1 aliphatic rings. The summed E-state index contributed by atoms with van der Waals surface area (Å²) < 4.78 is 13.3. The van der Waals surface area contributed by atoms with Gasteiger partial charge in [-0.05, 0) is 43.5 Å². The predicted molar refractivity (Wildman–Crippen MR) is 69.7 cm³/mol. The Morgan fingerprint density at radius 2 is 1.82 bits per heavy atom. The molecule has 2 N–H and O–H groups in total. The maximum atomic E-state index is 13.3. The summed E-state index contributed by atoms with van der Waals surface area (Å²) in [5, 5.41) is 0. The van der Waals surface area contributed by atoms with Crippen molar-refractivity contribution in [1.82, 2.24) is 0 Å². The van der Waals surface area contributed by atoms with Crippen LogP contribution in [0.5, 0.6) is 0 Å². The number of rotatable bonds is 2. The van der Waals surface area contributed by atoms with Crippen molar-refractivity contribution in [2.45, 2.75) is 38.6 Å². The minimum Gasteiger partial charge on any atom is -0.371 e. The number of nitrogens with two attached hydrogens (primary N) is 1. The Morgan fingerprint density at radius 3 is 2.41 bits per heavy atom. The third kappa shape index (κ3) is 2.97. The Balaban J connectivity index is 2.29. The summed E-state index contributed by atoms with van der Waals surface area (Å²) in [4.78, 5) is 2.35. The molecule has 0 aliphatic carbocycles. The molecule has 94 valence electrons. The average molecular weight is 236 g/mol. The lowest BCUT2D eigenvalue weighted by Gasteiger charge is -2.26. The first-order chi connectivity index (χ1) is 8.18. The molecule has 2 rings (SSSR count). The van der Waals surface area contributed by atoms with Crippen LogP contribution < -0.4 is 10.6 Å². The molecular weight excluding hydrogens is 215 g/mol. The summed E-state index contributed by atoms with van der Waals surface area (Å²) in [6.07, 6.45) is 5.03. The van der Waals surface area contributed by atoms with Crippen LogP contribution in [-0.4, -0.2) is 13.1 Å². The van der Waals surface area contributed by atoms with Gasteiger partial charge in [-0.1, -0.05) is 12.8 Å². The Hall–Kier alpha value is -1.09. The molecule has 0 amide bonds. The molecule has 0 saturated carbocycles. The van der Waals surface area contributed by atoms with E-state index in [1.165, 1.54) is 31.7 Å². The second kappa shape index (κ2) is 5.50. The first kappa shape index (κ1) is 12.4. The fraction of sp³-hybridized carbons (Fsp3) is 0.571. The van der Waals surface area contributed by atoms with Crippen LogP contribution in [0.2, 0.25) is 0 Å². The van der Waals surface area contributed by atoms with Crippen molar-refractivity contribution < 1.29 is 4.39 Å². The van der Waals surface area contributed by atoms with Crippen LogP contribution in [0.1, 0.15) is 44.2 Å². The summed E-state index contributed by atoms with van der Waals surface area (Å²) in [7, 11) is 0. The summed E-state index contributed by atoms with van der Waals surface area (Å²) in [5.74, 6) is -0.198. The number of halogens is 1. The van der Waals surface area contributed by atoms with Crippen molar-refractivity contribution in [2.75, 3.05) is 18.0 Å². The zero-order valence-electron chi connectivity index (χ0n) is 10.5. The lowest BCUT2D eigenvalue weighted by Crippen LogP contribution is -2.26. The highest BCUT2D eigenvalue weighted by molar-refractivity contribution is 5.55. The van der Waals surface area contributed by atoms with Gasteiger partial charge in [0.2, 0.25) is 0 Å². The fourth-order valence-electron chi connectivity index (χ4n) is 2.49. The molecule has 0 unspecified atom stereocenters. The second-order valence-electron chi connectivity index (χ2n) is 4.89. The number of benzene rings is 1. The molecule has 1 atom stereocenters. The zero-order valence-corrected chi connectivity index (χ0v) is 10.5. The van der Waals surface area contributed by atoms with Crippen LogP contribution in [0.3, 0.4) is 0 Å². The van der Waals surface area contributed by atoms with Gasteiger partial charge in [0.25, 0.3) is 0 Å². The van der Waals surface area contributed by atoms with E-state index in [1.807, 2.05) is 13.0 Å². The highest BCUT2D eigenvalue weighted by Gasteiger charge is 2.15. The smallest absolute Gasteiger partial charge is 0.123 e. The van der Waals surface area contributed by atoms with Crippen molar-refractivity contribution in [2.24, 2.45) is 5.73 Å². The van der Waals surface area contributed by atoms with Gasteiger partial charge in [0.05, 0.1) is 0 Å². The van der Waals surface area contributed by atoms with E-state index < -0.39 is 0 Å². The molecule has 0 aromatic heterocycles. The van der Waals surface area contributed by atoms with Gasteiger partial charge in [0.15, 0.2) is 0 Å². The SMILES string of the molecule is C[C@@H](N)c1cc(F)ccc1N1CCCCCC1. The van der Waals surface area contributed by atoms with E-state index in [4.69, 9.17) is 5.73 Å². The molecule has 2 nitrogen and oxygen atoms in total. The molecule has 0 bridgehead atoms. The maximum Gasteiger partial charge on any atom is 0.123 e. The maximum absolute atomic E-state index is 13.3. The molecule has 1 heterocycles. The Kier molecular flexibility index (Phi) is 4.00. The largest absolute Gasteiger partial charge is 0.371 e. The second-order valence-corrected chi connectivity index (χ2v) is 4.89. The van der Waals surface area contributed by atoms with Crippen molar-refractivity contribution in [3.63, 3.8) is 0 Å². The van der Waals surface area contributed by atoms with Gasteiger partial charge in [-0.2, -0.15) is 0 Å². The highest BCUT2D eigenvalue weighted by atomic mass is 19.1. The van der Waals surface area contributed by atoms with Gasteiger partial charge in [-0.25, -0.2) is 4.39 Å².